The van der Waals surface area contributed by atoms with Crippen molar-refractivity contribution in [2.45, 2.75) is 13.3 Å². The van der Waals surface area contributed by atoms with Crippen LogP contribution in [-0.2, 0) is 6.42 Å². The van der Waals surface area contributed by atoms with Crippen LogP contribution in [0.1, 0.15) is 11.1 Å². The summed E-state index contributed by atoms with van der Waals surface area (Å²) in [6.07, 6.45) is 1.22. The van der Waals surface area contributed by atoms with E-state index in [0.29, 0.717) is 0 Å². The van der Waals surface area contributed by atoms with Crippen LogP contribution in [0.15, 0.2) is 54.6 Å². The summed E-state index contributed by atoms with van der Waals surface area (Å²) in [5.41, 5.74) is 2.82. The summed E-state index contributed by atoms with van der Waals surface area (Å²) in [4.78, 5) is 0. The number of hydrogen-bond acceptors (Lipinski definition) is 0. The van der Waals surface area contributed by atoms with Crippen LogP contribution < -0.4 is 33.6 Å². The number of benzene rings is 2. The summed E-state index contributed by atoms with van der Waals surface area (Å²) < 4.78 is 2.90. The normalized spacial score (nSPS) is 9.71. The largest absolute Gasteiger partial charge is 1.00 e. The number of rotatable bonds is 4. The van der Waals surface area contributed by atoms with Crippen LogP contribution in [0.3, 0.4) is 0 Å². The van der Waals surface area contributed by atoms with E-state index >= 15 is 0 Å². The van der Waals surface area contributed by atoms with Gasteiger partial charge in [0.2, 0.25) is 0 Å². The molecule has 0 saturated heterocycles. The molecule has 0 N–H and O–H groups in total. The van der Waals surface area contributed by atoms with Crippen molar-refractivity contribution in [1.82, 2.24) is 0 Å². The van der Waals surface area contributed by atoms with Crippen LogP contribution in [0.2, 0.25) is 0 Å². The SMILES string of the molecule is Cc1ccc([I+]CCc2ccccc2)cc1.[Cl-]. The molecule has 0 aliphatic heterocycles. The Morgan fingerprint density at radius 3 is 2.18 bits per heavy atom. The molecule has 2 rings (SSSR count). The average molecular weight is 359 g/mol. The van der Waals surface area contributed by atoms with E-state index in [4.69, 9.17) is 0 Å². The standard InChI is InChI=1S/C15H16I.ClH/c1-13-7-9-15(10-8-13)16-12-11-14-5-3-2-4-6-14;/h2-10H,11-12H2,1H3;1H/q+1;/p-1. The van der Waals surface area contributed by atoms with Crippen molar-refractivity contribution in [3.63, 3.8) is 0 Å². The van der Waals surface area contributed by atoms with Crippen molar-refractivity contribution >= 4 is 0 Å². The third kappa shape index (κ3) is 5.09. The summed E-state index contributed by atoms with van der Waals surface area (Å²) in [6.45, 7) is 2.14. The topological polar surface area (TPSA) is 0 Å². The minimum absolute atomic E-state index is 0. The summed E-state index contributed by atoms with van der Waals surface area (Å²) in [7, 11) is 0. The van der Waals surface area contributed by atoms with Crippen molar-refractivity contribution < 1.29 is 33.6 Å². The van der Waals surface area contributed by atoms with Crippen LogP contribution >= 0.6 is 0 Å². The molecule has 0 spiro atoms. The molecule has 0 unspecified atom stereocenters. The molecule has 0 aliphatic carbocycles. The molecule has 0 aliphatic rings. The Bertz CT molecular complexity index is 422. The van der Waals surface area contributed by atoms with E-state index in [1.807, 2.05) is 0 Å². The zero-order valence-electron chi connectivity index (χ0n) is 9.87. The highest BCUT2D eigenvalue weighted by Gasteiger charge is 2.10. The van der Waals surface area contributed by atoms with E-state index in [1.54, 1.807) is 3.57 Å². The lowest BCUT2D eigenvalue weighted by atomic mass is 10.2. The molecule has 0 heterocycles. The van der Waals surface area contributed by atoms with Gasteiger partial charge in [0.15, 0.2) is 8.00 Å². The van der Waals surface area contributed by atoms with Gasteiger partial charge in [-0.3, -0.25) is 0 Å². The number of halogens is 2. The zero-order chi connectivity index (χ0) is 11.2. The molecule has 0 saturated carbocycles. The van der Waals surface area contributed by atoms with Crippen molar-refractivity contribution in [3.8, 4) is 0 Å². The fraction of sp³-hybridized carbons (Fsp3) is 0.200. The highest BCUT2D eigenvalue weighted by atomic mass is 127. The molecule has 0 atom stereocenters. The van der Waals surface area contributed by atoms with E-state index in [0.717, 1.165) is 0 Å². The van der Waals surface area contributed by atoms with Gasteiger partial charge in [-0.05, 0) is 24.6 Å². The van der Waals surface area contributed by atoms with Gasteiger partial charge in [0.1, 0.15) is 0 Å². The molecule has 2 aromatic rings. The van der Waals surface area contributed by atoms with Crippen molar-refractivity contribution in [2.24, 2.45) is 0 Å². The van der Waals surface area contributed by atoms with Crippen molar-refractivity contribution in [1.29, 1.82) is 0 Å². The van der Waals surface area contributed by atoms with E-state index in [-0.39, 0.29) is 33.6 Å². The molecular formula is C15H16ClI. The first-order valence-electron chi connectivity index (χ1n) is 5.54. The summed E-state index contributed by atoms with van der Waals surface area (Å²) in [5, 5.41) is 0. The van der Waals surface area contributed by atoms with Gasteiger partial charge in [-0.2, -0.15) is 0 Å². The van der Waals surface area contributed by atoms with Gasteiger partial charge in [0.05, 0.1) is 0 Å². The Morgan fingerprint density at radius 2 is 1.53 bits per heavy atom. The predicted molar refractivity (Wildman–Crippen MR) is 64.9 cm³/mol. The third-order valence-electron chi connectivity index (χ3n) is 2.49. The lowest BCUT2D eigenvalue weighted by Crippen LogP contribution is -3.62. The van der Waals surface area contributed by atoms with Gasteiger partial charge >= 0.3 is 21.2 Å². The second kappa shape index (κ2) is 7.72. The first-order valence-corrected chi connectivity index (χ1v) is 8.15. The van der Waals surface area contributed by atoms with Crippen LogP contribution in [0.4, 0.5) is 0 Å². The smallest absolute Gasteiger partial charge is 0.313 e. The van der Waals surface area contributed by atoms with Gasteiger partial charge in [-0.15, -0.1) is 0 Å². The van der Waals surface area contributed by atoms with Gasteiger partial charge in [0.25, 0.3) is 0 Å². The molecular weight excluding hydrogens is 343 g/mol. The Morgan fingerprint density at radius 1 is 0.882 bits per heavy atom. The van der Waals surface area contributed by atoms with Gasteiger partial charge in [-0.1, -0.05) is 48.0 Å². The van der Waals surface area contributed by atoms with Crippen LogP contribution in [0.25, 0.3) is 0 Å². The lowest BCUT2D eigenvalue weighted by molar-refractivity contribution is -0.626. The van der Waals surface area contributed by atoms with Gasteiger partial charge < -0.3 is 12.4 Å². The fourth-order valence-corrected chi connectivity index (χ4v) is 3.92. The van der Waals surface area contributed by atoms with Crippen LogP contribution in [0.5, 0.6) is 0 Å². The Balaban J connectivity index is 0.00000144. The second-order valence-corrected chi connectivity index (χ2v) is 6.94. The van der Waals surface area contributed by atoms with Crippen molar-refractivity contribution in [3.05, 3.63) is 69.3 Å². The minimum Gasteiger partial charge on any atom is -1.00 e. The average Bonchev–Trinajstić information content (AvgIpc) is 2.33. The number of aryl methyl sites for hydroxylation is 2. The molecule has 17 heavy (non-hydrogen) atoms. The molecule has 0 nitrogen and oxygen atoms in total. The van der Waals surface area contributed by atoms with Crippen molar-refractivity contribution in [2.75, 3.05) is 4.43 Å². The van der Waals surface area contributed by atoms with E-state index in [2.05, 4.69) is 61.5 Å². The molecule has 90 valence electrons. The quantitative estimate of drug-likeness (QED) is 0.419. The summed E-state index contributed by atoms with van der Waals surface area (Å²) in [6, 6.07) is 19.8. The maximum atomic E-state index is 2.29. The Kier molecular flexibility index (Phi) is 6.60. The fourth-order valence-electron chi connectivity index (χ4n) is 1.53. The van der Waals surface area contributed by atoms with Gasteiger partial charge in [-0.25, -0.2) is 0 Å². The highest BCUT2D eigenvalue weighted by molar-refractivity contribution is 5.14. The first kappa shape index (κ1) is 14.5. The molecule has 0 radical (unpaired) electrons. The van der Waals surface area contributed by atoms with E-state index < -0.39 is 0 Å². The molecule has 0 fully saturated rings. The van der Waals surface area contributed by atoms with E-state index in [9.17, 15) is 0 Å². The molecule has 0 amide bonds. The molecule has 2 heteroatoms. The number of hydrogen-bond donors (Lipinski definition) is 0. The maximum absolute atomic E-state index is 2.29. The predicted octanol–water partition coefficient (Wildman–Crippen LogP) is -2.50. The molecule has 0 bridgehead atoms. The third-order valence-corrected chi connectivity index (χ3v) is 5.16. The second-order valence-electron chi connectivity index (χ2n) is 3.85. The zero-order valence-corrected chi connectivity index (χ0v) is 12.8. The maximum Gasteiger partial charge on any atom is 0.313 e. The van der Waals surface area contributed by atoms with E-state index in [1.165, 1.54) is 22.0 Å². The molecule has 0 aromatic heterocycles. The lowest BCUT2D eigenvalue weighted by Gasteiger charge is -1.93. The molecule has 2 aromatic carbocycles. The summed E-state index contributed by atoms with van der Waals surface area (Å²) >= 11 is 0.188. The van der Waals surface area contributed by atoms with Crippen LogP contribution in [-0.4, -0.2) is 4.43 Å². The Labute approximate surface area is 120 Å². The van der Waals surface area contributed by atoms with Gasteiger partial charge in [0, 0.05) is 6.42 Å². The first-order chi connectivity index (χ1) is 7.84. The number of alkyl halides is 1. The van der Waals surface area contributed by atoms with Crippen LogP contribution in [0, 0.1) is 10.5 Å². The summed E-state index contributed by atoms with van der Waals surface area (Å²) in [5.74, 6) is 0. The minimum atomic E-state index is 0. The highest BCUT2D eigenvalue weighted by Crippen LogP contribution is 1.97. The monoisotopic (exact) mass is 358 g/mol. The Hall–Kier alpha value is -0.540.